The lowest BCUT2D eigenvalue weighted by molar-refractivity contribution is -0.462. The number of benzene rings is 14. The van der Waals surface area contributed by atoms with Crippen molar-refractivity contribution in [1.29, 1.82) is 0 Å². The van der Waals surface area contributed by atoms with Crippen molar-refractivity contribution in [1.82, 2.24) is 0 Å². The number of alkyl halides is 34. The molecule has 34 heteroatoms. The van der Waals surface area contributed by atoms with Crippen LogP contribution in [0.5, 0.6) is 0 Å². The predicted octanol–water partition coefficient (Wildman–Crippen LogP) is 30.9. The van der Waals surface area contributed by atoms with Gasteiger partial charge in [-0.15, -0.1) is 12.8 Å². The second-order valence-electron chi connectivity index (χ2n) is 31.2. The summed E-state index contributed by atoms with van der Waals surface area (Å²) in [6.07, 6.45) is -4.19. The smallest absolute Gasteiger partial charge is 0.194 e. The summed E-state index contributed by atoms with van der Waals surface area (Å²) in [7, 11) is 0. The molecule has 0 N–H and O–H groups in total. The Hall–Kier alpha value is -12.7. The van der Waals surface area contributed by atoms with Gasteiger partial charge in [-0.3, -0.25) is 0 Å². The average molecular weight is 1850 g/mol. The third-order valence-electron chi connectivity index (χ3n) is 23.2. The fourth-order valence-electron chi connectivity index (χ4n) is 16.5. The molecule has 130 heavy (non-hydrogen) atoms. The Morgan fingerprint density at radius 1 is 0.208 bits per heavy atom. The first kappa shape index (κ1) is 93.4. The molecule has 0 fully saturated rings. The first-order valence-corrected chi connectivity index (χ1v) is 37.6. The topological polar surface area (TPSA) is 0 Å². The number of hydrogen-bond acceptors (Lipinski definition) is 0. The molecule has 0 saturated carbocycles. The predicted molar refractivity (Wildman–Crippen MR) is 423 cm³/mol. The zero-order chi connectivity index (χ0) is 96.2. The summed E-state index contributed by atoms with van der Waals surface area (Å²) in [5.74, 6) is -104. The van der Waals surface area contributed by atoms with E-state index in [0.717, 1.165) is 24.3 Å². The van der Waals surface area contributed by atoms with E-state index < -0.39 is 129 Å². The maximum atomic E-state index is 17.3. The summed E-state index contributed by atoms with van der Waals surface area (Å²) >= 11 is 0. The molecule has 0 aliphatic carbocycles. The summed E-state index contributed by atoms with van der Waals surface area (Å²) in [5.41, 5.74) is -7.90. The number of hydrogen-bond donors (Lipinski definition) is 0. The van der Waals surface area contributed by atoms with Gasteiger partial charge in [0.2, 0.25) is 0 Å². The molecule has 0 aliphatic rings. The van der Waals surface area contributed by atoms with Crippen LogP contribution in [0.3, 0.4) is 0 Å². The number of fused-ring (bicyclic) bond motifs is 15. The number of halogens is 34. The van der Waals surface area contributed by atoms with E-state index in [1.165, 1.54) is 125 Å². The van der Waals surface area contributed by atoms with Crippen LogP contribution in [-0.4, -0.2) is 83.4 Å². The zero-order valence-electron chi connectivity index (χ0n) is 66.3. The van der Waals surface area contributed by atoms with E-state index in [0.29, 0.717) is 65.7 Å². The largest absolute Gasteiger partial charge is 0.460 e. The minimum Gasteiger partial charge on any atom is -0.194 e. The standard InChI is InChI=1S/C96H50F34/c1-9-53-37-60-43-70(68-27-15-21-49(7)76(68)79(60)72-45(3)17-11-23-64(53)72)57-33-51(35-62(41-57)81(97,98)83(101,102)85(105,106)87(109,110)89(113,114)91(117,118)93(121,122)95(125,126)127)29-31-55-39-59-40-56(67-26-14-20-48(6)75(67)78(59)74-47(5)19-13-25-66(55)74)32-30-52-34-58(71-44-61-38-54(10-2)65-24-12-18-46(4)73(65)80(61)77-50(8)22-16-28-69(71)77)42-63(36-52)82(99,100)84(103,104)86(107,108)88(111,112)90(115,116)92(119,120)94(123,124)96(128,129)130/h1-2,11-28,33-44H,3-8H3. The van der Waals surface area contributed by atoms with Crippen LogP contribution in [0, 0.1) is 89.9 Å². The molecule has 0 heterocycles. The Bertz CT molecular complexity index is 6970. The summed E-state index contributed by atoms with van der Waals surface area (Å²) < 4.78 is 516. The third kappa shape index (κ3) is 13.1. The highest BCUT2D eigenvalue weighted by Gasteiger charge is 2.97. The lowest BCUT2D eigenvalue weighted by Gasteiger charge is -2.42. The molecule has 0 amide bonds. The highest BCUT2D eigenvalue weighted by molar-refractivity contribution is 6.28. The van der Waals surface area contributed by atoms with Gasteiger partial charge < -0.3 is 0 Å². The van der Waals surface area contributed by atoms with E-state index in [1.54, 1.807) is 50.2 Å². The van der Waals surface area contributed by atoms with Gasteiger partial charge in [0, 0.05) is 44.5 Å². The summed E-state index contributed by atoms with van der Waals surface area (Å²) in [4.78, 5) is 0. The first-order chi connectivity index (χ1) is 59.8. The molecular formula is C96H50F34. The van der Waals surface area contributed by atoms with E-state index in [9.17, 15) is 61.5 Å². The normalized spacial score (nSPS) is 13.9. The fourth-order valence-corrected chi connectivity index (χ4v) is 16.5. The van der Waals surface area contributed by atoms with Crippen LogP contribution in [-0.2, 0) is 11.8 Å². The molecule has 14 aromatic carbocycles. The average Bonchev–Trinajstić information content (AvgIpc) is 0.690. The van der Waals surface area contributed by atoms with E-state index in [2.05, 4.69) is 35.5 Å². The maximum Gasteiger partial charge on any atom is 0.460 e. The van der Waals surface area contributed by atoms with Gasteiger partial charge in [-0.05, 0) is 267 Å². The molecule has 0 saturated heterocycles. The van der Waals surface area contributed by atoms with Crippen molar-refractivity contribution in [2.75, 3.05) is 0 Å². The molecular weight excluding hydrogens is 1800 g/mol. The van der Waals surface area contributed by atoms with Gasteiger partial charge >= 0.3 is 95.3 Å². The Kier molecular flexibility index (Phi) is 21.5. The third-order valence-corrected chi connectivity index (χ3v) is 23.2. The van der Waals surface area contributed by atoms with Gasteiger partial charge in [0.25, 0.3) is 0 Å². The van der Waals surface area contributed by atoms with Crippen LogP contribution in [0.25, 0.3) is 119 Å². The van der Waals surface area contributed by atoms with Crippen molar-refractivity contribution in [2.24, 2.45) is 0 Å². The molecule has 14 aromatic rings. The second-order valence-corrected chi connectivity index (χ2v) is 31.2. The van der Waals surface area contributed by atoms with Crippen molar-refractivity contribution in [3.05, 3.63) is 260 Å². The Labute approximate surface area is 710 Å². The molecule has 0 aromatic heterocycles. The minimum absolute atomic E-state index is 0.0347. The Morgan fingerprint density at radius 3 is 0.677 bits per heavy atom. The Balaban J connectivity index is 1.01. The van der Waals surface area contributed by atoms with Crippen LogP contribution in [0.4, 0.5) is 149 Å². The monoisotopic (exact) mass is 1850 g/mol. The number of rotatable bonds is 16. The van der Waals surface area contributed by atoms with Crippen molar-refractivity contribution in [3.63, 3.8) is 0 Å². The summed E-state index contributed by atoms with van der Waals surface area (Å²) in [6, 6.07) is 35.0. The van der Waals surface area contributed by atoms with Gasteiger partial charge in [0.1, 0.15) is 0 Å². The van der Waals surface area contributed by atoms with Gasteiger partial charge in [-0.25, -0.2) is 0 Å². The summed E-state index contributed by atoms with van der Waals surface area (Å²) in [5, 5.41) is 3.61. The van der Waals surface area contributed by atoms with Crippen molar-refractivity contribution in [3.8, 4) is 70.6 Å². The van der Waals surface area contributed by atoms with Crippen LogP contribution in [0.15, 0.2) is 182 Å². The molecule has 14 rings (SSSR count). The molecule has 0 aliphatic heterocycles. The van der Waals surface area contributed by atoms with Crippen LogP contribution in [0.2, 0.25) is 0 Å². The SMILES string of the molecule is C#Cc1cc2cc(-c3cc(C#Cc4cc5cc(C#Cc6cc(-c7cc8cc(C#C)c9cccc(C)c9c8c8c(C)cccc78)cc(C(F)(F)C(F)(F)C(F)(F)C(F)(F)C(F)(F)C(F)(F)C(F)(F)C(F)(F)F)c6)c6cccc(C)c6c5c5c(C)cccc45)cc(C(F)(F)C(F)(F)C(F)(F)C(F)(F)C(F)(F)C(F)(F)C(F)(F)C(F)(F)F)c3)c3cccc(C)c3c2c2c(C)cccc12. The maximum absolute atomic E-state index is 17.3. The highest BCUT2D eigenvalue weighted by Crippen LogP contribution is 2.68. The van der Waals surface area contributed by atoms with Gasteiger partial charge in [0.05, 0.1) is 0 Å². The van der Waals surface area contributed by atoms with Gasteiger partial charge in [0.15, 0.2) is 0 Å². The number of aryl methyl sites for hydroxylation is 6. The minimum atomic E-state index is -9.00. The highest BCUT2D eigenvalue weighted by atomic mass is 19.4. The van der Waals surface area contributed by atoms with Gasteiger partial charge in [-0.1, -0.05) is 145 Å². The zero-order valence-corrected chi connectivity index (χ0v) is 66.3. The molecule has 672 valence electrons. The molecule has 0 spiro atoms. The van der Waals surface area contributed by atoms with Crippen molar-refractivity contribution in [2.45, 2.75) is 137 Å². The van der Waals surface area contributed by atoms with E-state index in [4.69, 9.17) is 12.8 Å². The quantitative estimate of drug-likeness (QED) is 0.0514. The summed E-state index contributed by atoms with van der Waals surface area (Å²) in [6.45, 7) is 9.32. The van der Waals surface area contributed by atoms with Crippen molar-refractivity contribution >= 4 is 97.0 Å². The fraction of sp³-hybridized carbons (Fsp3) is 0.229. The lowest BCUT2D eigenvalue weighted by Crippen LogP contribution is -2.74. The van der Waals surface area contributed by atoms with Crippen LogP contribution >= 0.6 is 0 Å². The second kappa shape index (κ2) is 29.9. The molecule has 0 atom stereocenters. The van der Waals surface area contributed by atoms with Gasteiger partial charge in [-0.2, -0.15) is 149 Å². The van der Waals surface area contributed by atoms with Crippen molar-refractivity contribution < 1.29 is 149 Å². The van der Waals surface area contributed by atoms with Crippen LogP contribution in [0.1, 0.15) is 77.9 Å². The lowest BCUT2D eigenvalue weighted by atomic mass is 9.84. The van der Waals surface area contributed by atoms with E-state index in [-0.39, 0.29) is 122 Å². The van der Waals surface area contributed by atoms with Crippen LogP contribution < -0.4 is 0 Å². The van der Waals surface area contributed by atoms with E-state index >= 15 is 87.8 Å². The Morgan fingerprint density at radius 2 is 0.423 bits per heavy atom. The number of terminal acetylenes is 2. The van der Waals surface area contributed by atoms with E-state index in [1.807, 2.05) is 0 Å². The molecule has 0 bridgehead atoms. The molecule has 0 unspecified atom stereocenters. The first-order valence-electron chi connectivity index (χ1n) is 37.6. The molecule has 0 nitrogen and oxygen atoms in total. The molecule has 0 radical (unpaired) electrons.